The molecule has 0 radical (unpaired) electrons. The molecule has 0 unspecified atom stereocenters. The maximum Gasteiger partial charge on any atom is 0.109 e. The minimum Gasteiger partial charge on any atom is -0.348 e. The largest absolute Gasteiger partial charge is 0.348 e. The fourth-order valence-electron chi connectivity index (χ4n) is 1.63. The summed E-state index contributed by atoms with van der Waals surface area (Å²) < 4.78 is 0. The Kier molecular flexibility index (Phi) is 5.16. The van der Waals surface area contributed by atoms with E-state index in [0.717, 1.165) is 17.1 Å². The van der Waals surface area contributed by atoms with Gasteiger partial charge in [-0.25, -0.2) is 4.98 Å². The van der Waals surface area contributed by atoms with Crippen molar-refractivity contribution in [1.82, 2.24) is 15.4 Å². The molecule has 0 saturated heterocycles. The molecule has 0 fully saturated rings. The van der Waals surface area contributed by atoms with Gasteiger partial charge in [-0.15, -0.1) is 0 Å². The number of nitrogens with zero attached hydrogens (tertiary/aromatic N) is 1. The first-order valence-corrected chi connectivity index (χ1v) is 6.22. The number of nitrogens with one attached hydrogen (secondary N) is 2. The summed E-state index contributed by atoms with van der Waals surface area (Å²) in [7, 11) is 0. The number of aromatic nitrogens is 2. The summed E-state index contributed by atoms with van der Waals surface area (Å²) in [5.41, 5.74) is 10.3. The van der Waals surface area contributed by atoms with Crippen LogP contribution in [0, 0.1) is 0 Å². The third kappa shape index (κ3) is 4.24. The van der Waals surface area contributed by atoms with E-state index in [9.17, 15) is 0 Å². The number of hydrogen-bond acceptors (Lipinski definition) is 4. The molecule has 0 aliphatic heterocycles. The van der Waals surface area contributed by atoms with Crippen molar-refractivity contribution in [2.24, 2.45) is 5.73 Å². The maximum atomic E-state index is 5.41. The first kappa shape index (κ1) is 13.3. The van der Waals surface area contributed by atoms with E-state index in [0.29, 0.717) is 19.6 Å². The Labute approximate surface area is 112 Å². The predicted molar refractivity (Wildman–Crippen MR) is 74.9 cm³/mol. The number of allylic oxidation sites excluding steroid dienone is 1. The summed E-state index contributed by atoms with van der Waals surface area (Å²) in [5, 5.41) is 0. The molecule has 2 rings (SSSR count). The lowest BCUT2D eigenvalue weighted by molar-refractivity contribution is 0.0848. The number of aromatic amines is 1. The van der Waals surface area contributed by atoms with Crippen LogP contribution in [0.15, 0.2) is 48.8 Å². The molecule has 0 amide bonds. The average Bonchev–Trinajstić information content (AvgIpc) is 2.97. The van der Waals surface area contributed by atoms with E-state index in [1.165, 1.54) is 0 Å². The highest BCUT2D eigenvalue weighted by atomic mass is 16.6. The van der Waals surface area contributed by atoms with Gasteiger partial charge in [0.2, 0.25) is 0 Å². The van der Waals surface area contributed by atoms with Crippen LogP contribution in [0.2, 0.25) is 0 Å². The van der Waals surface area contributed by atoms with E-state index in [-0.39, 0.29) is 0 Å². The number of imidazole rings is 1. The average molecular weight is 258 g/mol. The van der Waals surface area contributed by atoms with Crippen molar-refractivity contribution < 1.29 is 4.84 Å². The number of nitrogens with two attached hydrogens (primary N) is 1. The molecule has 1 heterocycles. The molecule has 0 aliphatic rings. The van der Waals surface area contributed by atoms with Crippen LogP contribution < -0.4 is 11.2 Å². The van der Waals surface area contributed by atoms with E-state index in [4.69, 9.17) is 10.6 Å². The molecule has 4 N–H and O–H groups in total. The molecular weight excluding hydrogens is 240 g/mol. The molecule has 1 aromatic carbocycles. The lowest BCUT2D eigenvalue weighted by Crippen LogP contribution is -2.19. The first-order valence-electron chi connectivity index (χ1n) is 6.22. The van der Waals surface area contributed by atoms with Gasteiger partial charge in [0.05, 0.1) is 12.3 Å². The highest BCUT2D eigenvalue weighted by Crippen LogP contribution is 2.11. The zero-order valence-electron chi connectivity index (χ0n) is 10.7. The fourth-order valence-corrected chi connectivity index (χ4v) is 1.63. The number of H-pyrrole nitrogens is 1. The zero-order chi connectivity index (χ0) is 13.3. The third-order valence-corrected chi connectivity index (χ3v) is 2.54. The minimum atomic E-state index is 0.463. The first-order chi connectivity index (χ1) is 9.40. The number of rotatable bonds is 7. The zero-order valence-corrected chi connectivity index (χ0v) is 10.7. The van der Waals surface area contributed by atoms with Crippen LogP contribution in [-0.4, -0.2) is 23.1 Å². The molecule has 1 aromatic heterocycles. The van der Waals surface area contributed by atoms with Crippen LogP contribution in [0.5, 0.6) is 0 Å². The summed E-state index contributed by atoms with van der Waals surface area (Å²) in [6.07, 6.45) is 6.29. The lowest BCUT2D eigenvalue weighted by Gasteiger charge is -2.10. The van der Waals surface area contributed by atoms with Gasteiger partial charge in [0.25, 0.3) is 0 Å². The normalized spacial score (nSPS) is 11.5. The van der Waals surface area contributed by atoms with Gasteiger partial charge in [-0.05, 0) is 5.56 Å². The van der Waals surface area contributed by atoms with E-state index in [1.807, 2.05) is 42.6 Å². The van der Waals surface area contributed by atoms with Crippen LogP contribution in [0.3, 0.4) is 0 Å². The van der Waals surface area contributed by atoms with Crippen molar-refractivity contribution in [2.45, 2.75) is 6.42 Å². The standard InChI is InChI=1S/C14H18N4O/c15-8-11-19-18-13(12-4-2-1-3-5-12)6-7-14-16-9-10-17-14/h1-6,9-10,18H,7-8,11,15H2,(H,16,17). The van der Waals surface area contributed by atoms with Gasteiger partial charge in [-0.2, -0.15) is 0 Å². The second kappa shape index (κ2) is 7.35. The van der Waals surface area contributed by atoms with Gasteiger partial charge >= 0.3 is 0 Å². The highest BCUT2D eigenvalue weighted by Gasteiger charge is 2.01. The second-order valence-corrected chi connectivity index (χ2v) is 3.96. The number of benzene rings is 1. The van der Waals surface area contributed by atoms with Gasteiger partial charge < -0.3 is 10.7 Å². The molecule has 0 bridgehead atoms. The van der Waals surface area contributed by atoms with Gasteiger partial charge in [0.15, 0.2) is 0 Å². The molecule has 0 atom stereocenters. The Morgan fingerprint density at radius 3 is 2.89 bits per heavy atom. The van der Waals surface area contributed by atoms with Crippen molar-refractivity contribution in [3.05, 3.63) is 60.2 Å². The summed E-state index contributed by atoms with van der Waals surface area (Å²) in [6, 6.07) is 10.00. The Morgan fingerprint density at radius 2 is 2.21 bits per heavy atom. The molecule has 100 valence electrons. The Morgan fingerprint density at radius 1 is 1.37 bits per heavy atom. The Bertz CT molecular complexity index is 493. The van der Waals surface area contributed by atoms with E-state index >= 15 is 0 Å². The van der Waals surface area contributed by atoms with Crippen LogP contribution in [0.1, 0.15) is 11.4 Å². The van der Waals surface area contributed by atoms with Crippen molar-refractivity contribution in [3.63, 3.8) is 0 Å². The Hall–Kier alpha value is -2.11. The van der Waals surface area contributed by atoms with E-state index in [2.05, 4.69) is 15.4 Å². The van der Waals surface area contributed by atoms with Crippen LogP contribution in [0.4, 0.5) is 0 Å². The van der Waals surface area contributed by atoms with Gasteiger partial charge in [-0.3, -0.25) is 10.3 Å². The molecular formula is C14H18N4O. The smallest absolute Gasteiger partial charge is 0.109 e. The van der Waals surface area contributed by atoms with Gasteiger partial charge in [-0.1, -0.05) is 36.4 Å². The quantitative estimate of drug-likeness (QED) is 0.519. The molecule has 0 spiro atoms. The maximum absolute atomic E-state index is 5.41. The highest BCUT2D eigenvalue weighted by molar-refractivity contribution is 5.63. The molecule has 5 heteroatoms. The summed E-state index contributed by atoms with van der Waals surface area (Å²) in [5.74, 6) is 0.911. The molecule has 2 aromatic rings. The molecule has 0 saturated carbocycles. The Balaban J connectivity index is 2.07. The SMILES string of the molecule is NCCONC(=CCc1ncc[nH]1)c1ccccc1. The second-order valence-electron chi connectivity index (χ2n) is 3.96. The monoisotopic (exact) mass is 258 g/mol. The van der Waals surface area contributed by atoms with Crippen LogP contribution in [-0.2, 0) is 11.3 Å². The van der Waals surface area contributed by atoms with Crippen molar-refractivity contribution >= 4 is 5.70 Å². The number of hydroxylamine groups is 1. The third-order valence-electron chi connectivity index (χ3n) is 2.54. The van der Waals surface area contributed by atoms with E-state index < -0.39 is 0 Å². The number of hydrogen-bond donors (Lipinski definition) is 3. The summed E-state index contributed by atoms with van der Waals surface area (Å²) in [6.45, 7) is 0.943. The van der Waals surface area contributed by atoms with Crippen molar-refractivity contribution in [1.29, 1.82) is 0 Å². The molecule has 19 heavy (non-hydrogen) atoms. The van der Waals surface area contributed by atoms with Crippen molar-refractivity contribution in [3.8, 4) is 0 Å². The van der Waals surface area contributed by atoms with Crippen LogP contribution >= 0.6 is 0 Å². The van der Waals surface area contributed by atoms with Crippen molar-refractivity contribution in [2.75, 3.05) is 13.2 Å². The minimum absolute atomic E-state index is 0.463. The lowest BCUT2D eigenvalue weighted by atomic mass is 10.1. The molecule has 5 nitrogen and oxygen atoms in total. The van der Waals surface area contributed by atoms with E-state index in [1.54, 1.807) is 6.20 Å². The predicted octanol–water partition coefficient (Wildman–Crippen LogP) is 1.47. The molecule has 0 aliphatic carbocycles. The van der Waals surface area contributed by atoms with Gasteiger partial charge in [0, 0.05) is 25.4 Å². The summed E-state index contributed by atoms with van der Waals surface area (Å²) in [4.78, 5) is 12.6. The summed E-state index contributed by atoms with van der Waals surface area (Å²) >= 11 is 0. The topological polar surface area (TPSA) is 76.0 Å². The van der Waals surface area contributed by atoms with Crippen LogP contribution in [0.25, 0.3) is 5.70 Å². The van der Waals surface area contributed by atoms with Gasteiger partial charge in [0.1, 0.15) is 5.82 Å². The fraction of sp³-hybridized carbons (Fsp3) is 0.214.